The van der Waals surface area contributed by atoms with Crippen LogP contribution < -0.4 is 9.62 Å². The minimum Gasteiger partial charge on any atom is -0.368 e. The number of halogens is 1. The van der Waals surface area contributed by atoms with Crippen LogP contribution in [0.5, 0.6) is 0 Å². The van der Waals surface area contributed by atoms with Crippen molar-refractivity contribution >= 4 is 40.1 Å². The number of para-hydroxylation sites is 1. The largest absolute Gasteiger partial charge is 0.368 e. The fourth-order valence-electron chi connectivity index (χ4n) is 3.98. The molecular formula is C26H23FN4OS. The maximum atomic E-state index is 13.5. The van der Waals surface area contributed by atoms with E-state index in [1.54, 1.807) is 12.3 Å². The summed E-state index contributed by atoms with van der Waals surface area (Å²) in [5, 5.41) is 1.10. The minimum atomic E-state index is -0.241. The number of carbonyl (C=O) groups excluding carboxylic acids is 1. The van der Waals surface area contributed by atoms with Crippen LogP contribution in [-0.2, 0) is 0 Å². The fraction of sp³-hybridized carbons (Fsp3) is 0.154. The number of pyridine rings is 1. The molecule has 1 fully saturated rings. The summed E-state index contributed by atoms with van der Waals surface area (Å²) in [7, 11) is 0. The van der Waals surface area contributed by atoms with E-state index < -0.39 is 0 Å². The molecule has 1 amide bonds. The monoisotopic (exact) mass is 458 g/mol. The van der Waals surface area contributed by atoms with Crippen molar-refractivity contribution in [2.75, 3.05) is 35.8 Å². The summed E-state index contributed by atoms with van der Waals surface area (Å²) in [6.07, 6.45) is 1.80. The molecule has 33 heavy (non-hydrogen) atoms. The van der Waals surface area contributed by atoms with Crippen LogP contribution in [0.3, 0.4) is 0 Å². The Morgan fingerprint density at radius 3 is 2.45 bits per heavy atom. The molecule has 0 saturated carbocycles. The van der Waals surface area contributed by atoms with Crippen LogP contribution in [0.15, 0.2) is 90.0 Å². The molecule has 0 spiro atoms. The van der Waals surface area contributed by atoms with Crippen molar-refractivity contribution < 1.29 is 9.18 Å². The molecule has 5 rings (SSSR count). The molecule has 7 heteroatoms. The molecule has 0 aliphatic carbocycles. The topological polar surface area (TPSA) is 48.5 Å². The molecule has 3 aromatic carbocycles. The van der Waals surface area contributed by atoms with E-state index in [0.29, 0.717) is 31.7 Å². The van der Waals surface area contributed by atoms with E-state index in [9.17, 15) is 9.18 Å². The Balaban J connectivity index is 1.18. The second-order valence-corrected chi connectivity index (χ2v) is 8.72. The normalized spacial score (nSPS) is 13.8. The maximum Gasteiger partial charge on any atom is 0.253 e. The van der Waals surface area contributed by atoms with E-state index in [0.717, 1.165) is 27.2 Å². The van der Waals surface area contributed by atoms with Crippen LogP contribution in [0.4, 0.5) is 15.8 Å². The van der Waals surface area contributed by atoms with Gasteiger partial charge < -0.3 is 14.5 Å². The van der Waals surface area contributed by atoms with Gasteiger partial charge in [0.25, 0.3) is 5.91 Å². The lowest BCUT2D eigenvalue weighted by atomic mass is 10.1. The molecule has 0 bridgehead atoms. The number of nitrogens with zero attached hydrogens (tertiary/aromatic N) is 3. The Kier molecular flexibility index (Phi) is 6.13. The molecule has 5 nitrogen and oxygen atoms in total. The Morgan fingerprint density at radius 1 is 0.909 bits per heavy atom. The van der Waals surface area contributed by atoms with Crippen molar-refractivity contribution in [2.45, 2.75) is 4.90 Å². The highest BCUT2D eigenvalue weighted by Gasteiger charge is 2.22. The number of nitrogens with one attached hydrogen (secondary N) is 1. The minimum absolute atomic E-state index is 0.0198. The van der Waals surface area contributed by atoms with Gasteiger partial charge in [-0.3, -0.25) is 9.78 Å². The molecule has 1 N–H and O–H groups in total. The van der Waals surface area contributed by atoms with Crippen molar-refractivity contribution in [3.05, 3.63) is 96.4 Å². The van der Waals surface area contributed by atoms with Gasteiger partial charge in [0, 0.05) is 54.7 Å². The molecule has 4 aromatic rings. The molecule has 0 radical (unpaired) electrons. The molecule has 1 saturated heterocycles. The van der Waals surface area contributed by atoms with Crippen LogP contribution in [0.2, 0.25) is 0 Å². The van der Waals surface area contributed by atoms with Crippen molar-refractivity contribution in [3.63, 3.8) is 0 Å². The lowest BCUT2D eigenvalue weighted by molar-refractivity contribution is 0.0747. The first-order valence-electron chi connectivity index (χ1n) is 10.8. The summed E-state index contributed by atoms with van der Waals surface area (Å²) in [4.78, 5) is 22.4. The third-order valence-corrected chi connectivity index (χ3v) is 6.63. The molecule has 0 atom stereocenters. The van der Waals surface area contributed by atoms with Gasteiger partial charge >= 0.3 is 0 Å². The first-order chi connectivity index (χ1) is 16.2. The van der Waals surface area contributed by atoms with E-state index in [2.05, 4.69) is 14.6 Å². The number of carbonyl (C=O) groups is 1. The first kappa shape index (κ1) is 21.3. The van der Waals surface area contributed by atoms with Gasteiger partial charge in [0.1, 0.15) is 5.82 Å². The number of rotatable bonds is 5. The second-order valence-electron chi connectivity index (χ2n) is 7.87. The lowest BCUT2D eigenvalue weighted by Crippen LogP contribution is -2.48. The maximum absolute atomic E-state index is 13.5. The first-order valence-corrected chi connectivity index (χ1v) is 11.7. The number of anilines is 2. The number of hydrogen-bond donors (Lipinski definition) is 1. The third kappa shape index (κ3) is 4.78. The molecule has 2 heterocycles. The SMILES string of the molecule is O=C(c1ccc(NSc2cccc3cccnc23)cc1)N1CCN(c2cccc(F)c2)CC1. The van der Waals surface area contributed by atoms with Gasteiger partial charge in [-0.1, -0.05) is 24.3 Å². The zero-order chi connectivity index (χ0) is 22.6. The van der Waals surface area contributed by atoms with Crippen LogP contribution in [0.1, 0.15) is 10.4 Å². The van der Waals surface area contributed by atoms with Crippen LogP contribution in [-0.4, -0.2) is 42.0 Å². The Labute approximate surface area is 196 Å². The average Bonchev–Trinajstić information content (AvgIpc) is 2.87. The molecular weight excluding hydrogens is 435 g/mol. The molecule has 1 aliphatic rings. The summed E-state index contributed by atoms with van der Waals surface area (Å²) in [6.45, 7) is 2.59. The van der Waals surface area contributed by atoms with Gasteiger partial charge in [0.2, 0.25) is 0 Å². The number of benzene rings is 3. The van der Waals surface area contributed by atoms with Crippen molar-refractivity contribution in [3.8, 4) is 0 Å². The second kappa shape index (κ2) is 9.50. The average molecular weight is 459 g/mol. The zero-order valence-corrected chi connectivity index (χ0v) is 18.8. The molecule has 0 unspecified atom stereocenters. The molecule has 1 aromatic heterocycles. The third-order valence-electron chi connectivity index (χ3n) is 5.75. The summed E-state index contributed by atoms with van der Waals surface area (Å²) < 4.78 is 16.8. The Morgan fingerprint density at radius 2 is 1.67 bits per heavy atom. The van der Waals surface area contributed by atoms with E-state index in [1.165, 1.54) is 24.1 Å². The predicted octanol–water partition coefficient (Wildman–Crippen LogP) is 5.46. The summed E-state index contributed by atoms with van der Waals surface area (Å²) in [6, 6.07) is 24.2. The number of hydrogen-bond acceptors (Lipinski definition) is 5. The van der Waals surface area contributed by atoms with E-state index in [1.807, 2.05) is 65.6 Å². The van der Waals surface area contributed by atoms with Gasteiger partial charge in [-0.2, -0.15) is 0 Å². The highest BCUT2D eigenvalue weighted by atomic mass is 32.2. The van der Waals surface area contributed by atoms with Gasteiger partial charge in [-0.05, 0) is 66.5 Å². The standard InChI is InChI=1S/C26H23FN4OS/c27-21-6-2-7-23(18-21)30-14-16-31(17-15-30)26(32)20-9-11-22(12-10-20)29-33-24-8-1-4-19-5-3-13-28-25(19)24/h1-13,18,29H,14-17H2. The molecule has 1 aliphatic heterocycles. The quantitative estimate of drug-likeness (QED) is 0.403. The summed E-state index contributed by atoms with van der Waals surface area (Å²) >= 11 is 1.50. The van der Waals surface area contributed by atoms with E-state index in [4.69, 9.17) is 0 Å². The van der Waals surface area contributed by atoms with Gasteiger partial charge in [-0.15, -0.1) is 0 Å². The number of aromatic nitrogens is 1. The van der Waals surface area contributed by atoms with Crippen molar-refractivity contribution in [1.29, 1.82) is 0 Å². The van der Waals surface area contributed by atoms with Crippen LogP contribution >= 0.6 is 11.9 Å². The fourth-order valence-corrected chi connectivity index (χ4v) is 4.75. The van der Waals surface area contributed by atoms with Crippen molar-refractivity contribution in [2.24, 2.45) is 0 Å². The number of piperazine rings is 1. The lowest BCUT2D eigenvalue weighted by Gasteiger charge is -2.36. The van der Waals surface area contributed by atoms with E-state index in [-0.39, 0.29) is 11.7 Å². The van der Waals surface area contributed by atoms with Crippen LogP contribution in [0.25, 0.3) is 10.9 Å². The van der Waals surface area contributed by atoms with Crippen LogP contribution in [0, 0.1) is 5.82 Å². The predicted molar refractivity (Wildman–Crippen MR) is 132 cm³/mol. The zero-order valence-electron chi connectivity index (χ0n) is 17.9. The number of amides is 1. The van der Waals surface area contributed by atoms with Gasteiger partial charge in [0.15, 0.2) is 0 Å². The Hall–Kier alpha value is -3.58. The smallest absolute Gasteiger partial charge is 0.253 e. The Bertz CT molecular complexity index is 1270. The van der Waals surface area contributed by atoms with Crippen molar-refractivity contribution in [1.82, 2.24) is 9.88 Å². The highest BCUT2D eigenvalue weighted by Crippen LogP contribution is 2.27. The summed E-state index contributed by atoms with van der Waals surface area (Å²) in [5.41, 5.74) is 3.40. The highest BCUT2D eigenvalue weighted by molar-refractivity contribution is 8.00. The summed E-state index contributed by atoms with van der Waals surface area (Å²) in [5.74, 6) is -0.221. The molecule has 166 valence electrons. The number of fused-ring (bicyclic) bond motifs is 1. The van der Waals surface area contributed by atoms with E-state index >= 15 is 0 Å². The van der Waals surface area contributed by atoms with Gasteiger partial charge in [-0.25, -0.2) is 4.39 Å². The van der Waals surface area contributed by atoms with Gasteiger partial charge in [0.05, 0.1) is 10.4 Å².